The minimum atomic E-state index is -0.231. The average Bonchev–Trinajstić information content (AvgIpc) is 2.71. The zero-order chi connectivity index (χ0) is 19.8. The lowest BCUT2D eigenvalue weighted by molar-refractivity contribution is -0.118. The third-order valence-electron chi connectivity index (χ3n) is 4.96. The highest BCUT2D eigenvalue weighted by atomic mass is 16.5. The van der Waals surface area contributed by atoms with Crippen molar-refractivity contribution in [2.75, 3.05) is 0 Å². The Balaban J connectivity index is 1.63. The van der Waals surface area contributed by atoms with Gasteiger partial charge in [-0.1, -0.05) is 60.7 Å². The summed E-state index contributed by atoms with van der Waals surface area (Å²) < 4.78 is 6.07. The fraction of sp³-hybridized carbons (Fsp3) is 0.240. The number of aryl methyl sites for hydroxylation is 1. The van der Waals surface area contributed by atoms with Gasteiger partial charge in [0.15, 0.2) is 0 Å². The standard InChI is InChI=1S/C25H27NO2/c1-19-22(13-8-15-24(19)21-11-3-2-4-12-21)18-28-23-14-7-10-20(17-23)9-5-6-16-25(26)27/h2-4,7-8,10-15,17H,5-6,9,16,18H2,1H3,(H2,26,27). The van der Waals surface area contributed by atoms with Crippen LogP contribution >= 0.6 is 0 Å². The number of unbranched alkanes of at least 4 members (excludes halogenated alkanes) is 1. The number of hydrogen-bond donors (Lipinski definition) is 1. The van der Waals surface area contributed by atoms with E-state index in [1.807, 2.05) is 18.2 Å². The molecule has 0 aliphatic rings. The molecule has 3 rings (SSSR count). The van der Waals surface area contributed by atoms with Crippen LogP contribution in [0.15, 0.2) is 72.8 Å². The molecule has 0 aliphatic heterocycles. The van der Waals surface area contributed by atoms with Crippen LogP contribution in [0, 0.1) is 6.92 Å². The molecule has 0 radical (unpaired) electrons. The number of carbonyl (C=O) groups excluding carboxylic acids is 1. The number of primary amides is 1. The fourth-order valence-electron chi connectivity index (χ4n) is 3.35. The number of nitrogens with two attached hydrogens (primary N) is 1. The Morgan fingerprint density at radius 2 is 1.71 bits per heavy atom. The second-order valence-electron chi connectivity index (χ2n) is 7.07. The monoisotopic (exact) mass is 373 g/mol. The highest BCUT2D eigenvalue weighted by Gasteiger charge is 2.07. The summed E-state index contributed by atoms with van der Waals surface area (Å²) >= 11 is 0. The molecule has 1 amide bonds. The Labute approximate surface area is 167 Å². The van der Waals surface area contributed by atoms with E-state index in [-0.39, 0.29) is 5.91 Å². The van der Waals surface area contributed by atoms with Gasteiger partial charge in [-0.25, -0.2) is 0 Å². The van der Waals surface area contributed by atoms with Crippen LogP contribution in [0.4, 0.5) is 0 Å². The van der Waals surface area contributed by atoms with Crippen molar-refractivity contribution in [3.8, 4) is 16.9 Å². The van der Waals surface area contributed by atoms with Gasteiger partial charge in [-0.15, -0.1) is 0 Å². The van der Waals surface area contributed by atoms with E-state index in [2.05, 4.69) is 61.5 Å². The molecule has 3 heteroatoms. The smallest absolute Gasteiger partial charge is 0.217 e. The van der Waals surface area contributed by atoms with Crippen molar-refractivity contribution in [3.63, 3.8) is 0 Å². The van der Waals surface area contributed by atoms with E-state index < -0.39 is 0 Å². The van der Waals surface area contributed by atoms with Gasteiger partial charge in [-0.3, -0.25) is 4.79 Å². The molecule has 0 bridgehead atoms. The molecule has 0 unspecified atom stereocenters. The van der Waals surface area contributed by atoms with E-state index in [1.54, 1.807) is 0 Å². The first-order chi connectivity index (χ1) is 13.6. The molecule has 0 spiro atoms. The molecule has 3 aromatic rings. The second kappa shape index (κ2) is 9.75. The van der Waals surface area contributed by atoms with Crippen LogP contribution in [0.3, 0.4) is 0 Å². The molecular formula is C25H27NO2. The third kappa shape index (κ3) is 5.46. The van der Waals surface area contributed by atoms with E-state index in [4.69, 9.17) is 10.5 Å². The lowest BCUT2D eigenvalue weighted by Crippen LogP contribution is -2.09. The van der Waals surface area contributed by atoms with Gasteiger partial charge in [-0.2, -0.15) is 0 Å². The molecular weight excluding hydrogens is 346 g/mol. The first-order valence-corrected chi connectivity index (χ1v) is 9.77. The Hall–Kier alpha value is -3.07. The zero-order valence-electron chi connectivity index (χ0n) is 16.4. The summed E-state index contributed by atoms with van der Waals surface area (Å²) in [5.74, 6) is 0.641. The van der Waals surface area contributed by atoms with Crippen molar-refractivity contribution < 1.29 is 9.53 Å². The Morgan fingerprint density at radius 3 is 2.50 bits per heavy atom. The van der Waals surface area contributed by atoms with Crippen molar-refractivity contribution >= 4 is 5.91 Å². The Kier molecular flexibility index (Phi) is 6.85. The molecule has 0 heterocycles. The van der Waals surface area contributed by atoms with Gasteiger partial charge in [0.1, 0.15) is 12.4 Å². The molecule has 0 saturated carbocycles. The molecule has 144 valence electrons. The summed E-state index contributed by atoms with van der Waals surface area (Å²) in [5.41, 5.74) is 11.3. The summed E-state index contributed by atoms with van der Waals surface area (Å²) in [5, 5.41) is 0. The quantitative estimate of drug-likeness (QED) is 0.508. The van der Waals surface area contributed by atoms with E-state index in [0.717, 1.165) is 25.0 Å². The predicted molar refractivity (Wildman–Crippen MR) is 114 cm³/mol. The molecule has 3 nitrogen and oxygen atoms in total. The second-order valence-corrected chi connectivity index (χ2v) is 7.07. The summed E-state index contributed by atoms with van der Waals surface area (Å²) in [6.45, 7) is 2.69. The molecule has 0 atom stereocenters. The maximum absolute atomic E-state index is 10.8. The SMILES string of the molecule is Cc1c(COc2cccc(CCCCC(N)=O)c2)cccc1-c1ccccc1. The first kappa shape index (κ1) is 19.7. The van der Waals surface area contributed by atoms with E-state index in [9.17, 15) is 4.79 Å². The van der Waals surface area contributed by atoms with Crippen LogP contribution in [0.1, 0.15) is 36.0 Å². The van der Waals surface area contributed by atoms with Crippen LogP contribution in [0.25, 0.3) is 11.1 Å². The van der Waals surface area contributed by atoms with E-state index in [1.165, 1.54) is 27.8 Å². The fourth-order valence-corrected chi connectivity index (χ4v) is 3.35. The molecule has 3 aromatic carbocycles. The number of rotatable bonds is 9. The number of ether oxygens (including phenoxy) is 1. The molecule has 0 aliphatic carbocycles. The number of hydrogen-bond acceptors (Lipinski definition) is 2. The van der Waals surface area contributed by atoms with Gasteiger partial charge in [0.2, 0.25) is 5.91 Å². The largest absolute Gasteiger partial charge is 0.489 e. The van der Waals surface area contributed by atoms with E-state index >= 15 is 0 Å². The average molecular weight is 373 g/mol. The lowest BCUT2D eigenvalue weighted by atomic mass is 9.97. The highest BCUT2D eigenvalue weighted by Crippen LogP contribution is 2.26. The minimum absolute atomic E-state index is 0.231. The Bertz CT molecular complexity index is 919. The van der Waals surface area contributed by atoms with Gasteiger partial charge in [0.05, 0.1) is 0 Å². The van der Waals surface area contributed by atoms with Crippen LogP contribution in [-0.4, -0.2) is 5.91 Å². The van der Waals surface area contributed by atoms with Crippen LogP contribution in [0.5, 0.6) is 5.75 Å². The van der Waals surface area contributed by atoms with Crippen molar-refractivity contribution in [3.05, 3.63) is 89.5 Å². The Morgan fingerprint density at radius 1 is 0.929 bits per heavy atom. The minimum Gasteiger partial charge on any atom is -0.489 e. The van der Waals surface area contributed by atoms with Gasteiger partial charge >= 0.3 is 0 Å². The zero-order valence-corrected chi connectivity index (χ0v) is 16.4. The number of amides is 1. The third-order valence-corrected chi connectivity index (χ3v) is 4.96. The van der Waals surface area contributed by atoms with Crippen LogP contribution < -0.4 is 10.5 Å². The predicted octanol–water partition coefficient (Wildman–Crippen LogP) is 5.44. The molecule has 0 saturated heterocycles. The summed E-state index contributed by atoms with van der Waals surface area (Å²) in [6.07, 6.45) is 3.15. The van der Waals surface area contributed by atoms with Crippen molar-refractivity contribution in [2.24, 2.45) is 5.73 Å². The summed E-state index contributed by atoms with van der Waals surface area (Å²) in [4.78, 5) is 10.8. The first-order valence-electron chi connectivity index (χ1n) is 9.77. The lowest BCUT2D eigenvalue weighted by Gasteiger charge is -2.13. The highest BCUT2D eigenvalue weighted by molar-refractivity contribution is 5.73. The van der Waals surface area contributed by atoms with Crippen molar-refractivity contribution in [2.45, 2.75) is 39.2 Å². The molecule has 2 N–H and O–H groups in total. The summed E-state index contributed by atoms with van der Waals surface area (Å²) in [6, 6.07) is 25.0. The maximum Gasteiger partial charge on any atom is 0.217 e. The summed E-state index contributed by atoms with van der Waals surface area (Å²) in [7, 11) is 0. The molecule has 0 aromatic heterocycles. The van der Waals surface area contributed by atoms with Gasteiger partial charge in [0, 0.05) is 6.42 Å². The van der Waals surface area contributed by atoms with Crippen LogP contribution in [-0.2, 0) is 17.8 Å². The number of carbonyl (C=O) groups is 1. The van der Waals surface area contributed by atoms with Crippen molar-refractivity contribution in [1.82, 2.24) is 0 Å². The maximum atomic E-state index is 10.8. The van der Waals surface area contributed by atoms with E-state index in [0.29, 0.717) is 13.0 Å². The molecule has 28 heavy (non-hydrogen) atoms. The van der Waals surface area contributed by atoms with Crippen LogP contribution in [0.2, 0.25) is 0 Å². The normalized spacial score (nSPS) is 10.6. The van der Waals surface area contributed by atoms with Gasteiger partial charge in [0.25, 0.3) is 0 Å². The topological polar surface area (TPSA) is 52.3 Å². The molecule has 0 fully saturated rings. The van der Waals surface area contributed by atoms with Gasteiger partial charge < -0.3 is 10.5 Å². The van der Waals surface area contributed by atoms with Gasteiger partial charge in [-0.05, 0) is 66.1 Å². The number of benzene rings is 3. The van der Waals surface area contributed by atoms with Crippen molar-refractivity contribution in [1.29, 1.82) is 0 Å².